The van der Waals surface area contributed by atoms with Crippen LogP contribution in [-0.2, 0) is 24.2 Å². The number of pyridine rings is 1. The SMILES string of the molecule is CCc1n[nH]c(=S)n1CCNC(=O)Cc1ccc(C)nc1. The van der Waals surface area contributed by atoms with Gasteiger partial charge in [0.15, 0.2) is 4.77 Å². The molecule has 0 aromatic carbocycles. The number of amides is 1. The minimum atomic E-state index is -0.0197. The summed E-state index contributed by atoms with van der Waals surface area (Å²) in [5.41, 5.74) is 1.85. The van der Waals surface area contributed by atoms with E-state index in [1.165, 1.54) is 0 Å². The Bertz CT molecular complexity index is 659. The van der Waals surface area contributed by atoms with Gasteiger partial charge in [-0.3, -0.25) is 14.9 Å². The standard InChI is InChI=1S/C14H19N5OS/c1-3-12-17-18-14(21)19(12)7-6-15-13(20)8-11-5-4-10(2)16-9-11/h4-5,9H,3,6-8H2,1-2H3,(H,15,20)(H,18,21). The van der Waals surface area contributed by atoms with Gasteiger partial charge in [-0.2, -0.15) is 5.10 Å². The molecule has 2 rings (SSSR count). The maximum Gasteiger partial charge on any atom is 0.224 e. The van der Waals surface area contributed by atoms with Crippen LogP contribution in [0.4, 0.5) is 0 Å². The molecule has 1 amide bonds. The van der Waals surface area contributed by atoms with Gasteiger partial charge in [-0.05, 0) is 30.8 Å². The molecule has 0 aliphatic heterocycles. The molecule has 2 aromatic rings. The van der Waals surface area contributed by atoms with Crippen LogP contribution in [0.25, 0.3) is 0 Å². The van der Waals surface area contributed by atoms with E-state index >= 15 is 0 Å². The van der Waals surface area contributed by atoms with E-state index in [1.54, 1.807) is 6.20 Å². The van der Waals surface area contributed by atoms with Crippen molar-refractivity contribution in [1.82, 2.24) is 25.1 Å². The summed E-state index contributed by atoms with van der Waals surface area (Å²) in [4.78, 5) is 16.0. The number of rotatable bonds is 6. The van der Waals surface area contributed by atoms with Crippen LogP contribution in [0.3, 0.4) is 0 Å². The second kappa shape index (κ2) is 7.12. The van der Waals surface area contributed by atoms with Gasteiger partial charge in [0.05, 0.1) is 6.42 Å². The maximum atomic E-state index is 11.9. The first-order valence-electron chi connectivity index (χ1n) is 6.92. The summed E-state index contributed by atoms with van der Waals surface area (Å²) in [6.45, 7) is 5.09. The summed E-state index contributed by atoms with van der Waals surface area (Å²) in [5.74, 6) is 0.880. The van der Waals surface area contributed by atoms with Crippen LogP contribution in [0.1, 0.15) is 24.0 Å². The normalized spacial score (nSPS) is 10.6. The first-order valence-corrected chi connectivity index (χ1v) is 7.33. The molecule has 112 valence electrons. The molecule has 21 heavy (non-hydrogen) atoms. The fourth-order valence-corrected chi connectivity index (χ4v) is 2.25. The Morgan fingerprint density at radius 1 is 1.48 bits per heavy atom. The Morgan fingerprint density at radius 2 is 2.29 bits per heavy atom. The zero-order valence-corrected chi connectivity index (χ0v) is 13.0. The van der Waals surface area contributed by atoms with E-state index in [0.29, 0.717) is 24.3 Å². The van der Waals surface area contributed by atoms with Crippen molar-refractivity contribution < 1.29 is 4.79 Å². The Kier molecular flexibility index (Phi) is 5.21. The first-order chi connectivity index (χ1) is 10.1. The molecule has 2 aromatic heterocycles. The molecule has 2 heterocycles. The van der Waals surface area contributed by atoms with Gasteiger partial charge in [0.2, 0.25) is 5.91 Å². The van der Waals surface area contributed by atoms with E-state index in [4.69, 9.17) is 12.2 Å². The summed E-state index contributed by atoms with van der Waals surface area (Å²) >= 11 is 5.16. The summed E-state index contributed by atoms with van der Waals surface area (Å²) in [5, 5.41) is 9.79. The number of nitrogens with zero attached hydrogens (tertiary/aromatic N) is 3. The molecule has 7 heteroatoms. The van der Waals surface area contributed by atoms with Gasteiger partial charge >= 0.3 is 0 Å². The fourth-order valence-electron chi connectivity index (χ4n) is 2.01. The van der Waals surface area contributed by atoms with Gasteiger partial charge in [-0.25, -0.2) is 0 Å². The Labute approximate surface area is 128 Å². The second-order valence-electron chi connectivity index (χ2n) is 4.78. The molecular formula is C14H19N5OS. The van der Waals surface area contributed by atoms with E-state index in [-0.39, 0.29) is 5.91 Å². The van der Waals surface area contributed by atoms with E-state index in [2.05, 4.69) is 20.5 Å². The van der Waals surface area contributed by atoms with E-state index in [9.17, 15) is 4.79 Å². The zero-order chi connectivity index (χ0) is 15.2. The maximum absolute atomic E-state index is 11.9. The van der Waals surface area contributed by atoms with Crippen molar-refractivity contribution >= 4 is 18.1 Å². The quantitative estimate of drug-likeness (QED) is 0.794. The van der Waals surface area contributed by atoms with Gasteiger partial charge in [0, 0.05) is 31.4 Å². The van der Waals surface area contributed by atoms with Crippen LogP contribution in [0.5, 0.6) is 0 Å². The average molecular weight is 305 g/mol. The number of hydrogen-bond acceptors (Lipinski definition) is 4. The predicted molar refractivity (Wildman–Crippen MR) is 82.5 cm³/mol. The van der Waals surface area contributed by atoms with Crippen molar-refractivity contribution in [3.63, 3.8) is 0 Å². The summed E-state index contributed by atoms with van der Waals surface area (Å²) in [7, 11) is 0. The van der Waals surface area contributed by atoms with Crippen LogP contribution in [0, 0.1) is 11.7 Å². The minimum absolute atomic E-state index is 0.0197. The molecule has 0 fully saturated rings. The largest absolute Gasteiger partial charge is 0.354 e. The third kappa shape index (κ3) is 4.22. The number of hydrogen-bond donors (Lipinski definition) is 2. The van der Waals surface area contributed by atoms with Gasteiger partial charge in [0.1, 0.15) is 5.82 Å². The lowest BCUT2D eigenvalue weighted by molar-refractivity contribution is -0.120. The molecule has 0 aliphatic rings. The monoisotopic (exact) mass is 305 g/mol. The molecule has 0 unspecified atom stereocenters. The van der Waals surface area contributed by atoms with Crippen LogP contribution in [-0.4, -0.2) is 32.2 Å². The third-order valence-electron chi connectivity index (χ3n) is 3.15. The number of aromatic nitrogens is 4. The van der Waals surface area contributed by atoms with Gasteiger partial charge in [0.25, 0.3) is 0 Å². The summed E-state index contributed by atoms with van der Waals surface area (Å²) < 4.78 is 2.49. The number of aromatic amines is 1. The number of carbonyl (C=O) groups is 1. The molecule has 0 aliphatic carbocycles. The Hall–Kier alpha value is -2.02. The van der Waals surface area contributed by atoms with E-state index in [1.807, 2.05) is 30.5 Å². The van der Waals surface area contributed by atoms with Gasteiger partial charge in [-0.15, -0.1) is 0 Å². The molecule has 0 bridgehead atoms. The molecular weight excluding hydrogens is 286 g/mol. The van der Waals surface area contributed by atoms with Crippen LogP contribution < -0.4 is 5.32 Å². The average Bonchev–Trinajstić information content (AvgIpc) is 2.82. The molecule has 0 saturated carbocycles. The molecule has 0 spiro atoms. The molecule has 0 saturated heterocycles. The lowest BCUT2D eigenvalue weighted by atomic mass is 10.2. The lowest BCUT2D eigenvalue weighted by Gasteiger charge is -2.07. The zero-order valence-electron chi connectivity index (χ0n) is 12.2. The highest BCUT2D eigenvalue weighted by molar-refractivity contribution is 7.71. The highest BCUT2D eigenvalue weighted by Gasteiger charge is 2.06. The van der Waals surface area contributed by atoms with Crippen molar-refractivity contribution in [2.75, 3.05) is 6.54 Å². The number of H-pyrrole nitrogens is 1. The van der Waals surface area contributed by atoms with E-state index in [0.717, 1.165) is 23.5 Å². The topological polar surface area (TPSA) is 75.6 Å². The third-order valence-corrected chi connectivity index (χ3v) is 3.46. The lowest BCUT2D eigenvalue weighted by Crippen LogP contribution is -2.29. The van der Waals surface area contributed by atoms with Crippen LogP contribution >= 0.6 is 12.2 Å². The molecule has 2 N–H and O–H groups in total. The number of nitrogens with one attached hydrogen (secondary N) is 2. The minimum Gasteiger partial charge on any atom is -0.354 e. The molecule has 0 radical (unpaired) electrons. The number of aryl methyl sites for hydroxylation is 2. The fraction of sp³-hybridized carbons (Fsp3) is 0.429. The van der Waals surface area contributed by atoms with Gasteiger partial charge in [-0.1, -0.05) is 13.0 Å². The Balaban J connectivity index is 1.83. The van der Waals surface area contributed by atoms with Crippen molar-refractivity contribution in [2.24, 2.45) is 0 Å². The summed E-state index contributed by atoms with van der Waals surface area (Å²) in [6, 6.07) is 3.82. The first kappa shape index (κ1) is 15.4. The highest BCUT2D eigenvalue weighted by atomic mass is 32.1. The van der Waals surface area contributed by atoms with Crippen molar-refractivity contribution in [1.29, 1.82) is 0 Å². The van der Waals surface area contributed by atoms with Crippen molar-refractivity contribution in [2.45, 2.75) is 33.2 Å². The van der Waals surface area contributed by atoms with Gasteiger partial charge < -0.3 is 9.88 Å². The summed E-state index contributed by atoms with van der Waals surface area (Å²) in [6.07, 6.45) is 2.87. The van der Waals surface area contributed by atoms with Crippen LogP contribution in [0.15, 0.2) is 18.3 Å². The molecule has 0 atom stereocenters. The predicted octanol–water partition coefficient (Wildman–Crippen LogP) is 1.57. The second-order valence-corrected chi connectivity index (χ2v) is 5.17. The van der Waals surface area contributed by atoms with Crippen molar-refractivity contribution in [3.05, 3.63) is 40.2 Å². The smallest absolute Gasteiger partial charge is 0.224 e. The Morgan fingerprint density at radius 3 is 2.95 bits per heavy atom. The molecule has 6 nitrogen and oxygen atoms in total. The van der Waals surface area contributed by atoms with Crippen molar-refractivity contribution in [3.8, 4) is 0 Å². The van der Waals surface area contributed by atoms with Crippen LogP contribution in [0.2, 0.25) is 0 Å². The number of carbonyl (C=O) groups excluding carboxylic acids is 1. The highest BCUT2D eigenvalue weighted by Crippen LogP contribution is 2.01. The van der Waals surface area contributed by atoms with E-state index < -0.39 is 0 Å².